The molecule has 0 unspecified atom stereocenters. The Kier molecular flexibility index (Phi) is 7.02. The normalized spacial score (nSPS) is 13.7. The van der Waals surface area contributed by atoms with E-state index in [0.717, 1.165) is 18.6 Å². The SMILES string of the molecule is CCC(C)(C)CNC(=O)[C@H](N)CCSC. The van der Waals surface area contributed by atoms with E-state index in [2.05, 4.69) is 26.1 Å². The molecular formula is C11H24N2OS. The van der Waals surface area contributed by atoms with Gasteiger partial charge in [0.25, 0.3) is 0 Å². The maximum absolute atomic E-state index is 11.6. The average Bonchev–Trinajstić information content (AvgIpc) is 2.22. The van der Waals surface area contributed by atoms with E-state index in [1.165, 1.54) is 0 Å². The lowest BCUT2D eigenvalue weighted by atomic mass is 9.90. The fourth-order valence-electron chi connectivity index (χ4n) is 0.958. The van der Waals surface area contributed by atoms with E-state index >= 15 is 0 Å². The largest absolute Gasteiger partial charge is 0.354 e. The molecule has 0 saturated carbocycles. The third kappa shape index (κ3) is 6.79. The zero-order valence-corrected chi connectivity index (χ0v) is 11.1. The molecule has 0 aliphatic rings. The van der Waals surface area contributed by atoms with Gasteiger partial charge >= 0.3 is 0 Å². The van der Waals surface area contributed by atoms with Crippen LogP contribution in [0.25, 0.3) is 0 Å². The highest BCUT2D eigenvalue weighted by Gasteiger charge is 2.18. The van der Waals surface area contributed by atoms with Gasteiger partial charge in [-0.05, 0) is 30.3 Å². The van der Waals surface area contributed by atoms with Crippen LogP contribution >= 0.6 is 11.8 Å². The predicted molar refractivity (Wildman–Crippen MR) is 68.1 cm³/mol. The van der Waals surface area contributed by atoms with Crippen LogP contribution in [-0.4, -0.2) is 30.5 Å². The average molecular weight is 232 g/mol. The van der Waals surface area contributed by atoms with Gasteiger partial charge in [0.1, 0.15) is 0 Å². The molecule has 0 spiro atoms. The number of carbonyl (C=O) groups is 1. The third-order valence-corrected chi connectivity index (χ3v) is 3.31. The first kappa shape index (κ1) is 14.8. The fourth-order valence-corrected chi connectivity index (χ4v) is 1.45. The molecule has 0 aromatic carbocycles. The van der Waals surface area contributed by atoms with Crippen molar-refractivity contribution in [3.05, 3.63) is 0 Å². The van der Waals surface area contributed by atoms with Gasteiger partial charge < -0.3 is 11.1 Å². The van der Waals surface area contributed by atoms with Gasteiger partial charge in [0.2, 0.25) is 5.91 Å². The molecule has 0 rings (SSSR count). The molecule has 0 aliphatic carbocycles. The van der Waals surface area contributed by atoms with Gasteiger partial charge in [-0.2, -0.15) is 11.8 Å². The summed E-state index contributed by atoms with van der Waals surface area (Å²) in [7, 11) is 0. The van der Waals surface area contributed by atoms with Crippen molar-refractivity contribution in [1.29, 1.82) is 0 Å². The maximum atomic E-state index is 11.6. The second-order valence-corrected chi connectivity index (χ2v) is 5.61. The summed E-state index contributed by atoms with van der Waals surface area (Å²) in [5.74, 6) is 0.914. The Morgan fingerprint density at radius 2 is 2.13 bits per heavy atom. The van der Waals surface area contributed by atoms with Gasteiger partial charge in [0, 0.05) is 6.54 Å². The summed E-state index contributed by atoms with van der Waals surface area (Å²) in [5.41, 5.74) is 5.91. The standard InChI is InChI=1S/C11H24N2OS/c1-5-11(2,3)8-13-10(14)9(12)6-7-15-4/h9H,5-8,12H2,1-4H3,(H,13,14)/t9-/m1/s1. The summed E-state index contributed by atoms with van der Waals surface area (Å²) in [4.78, 5) is 11.6. The lowest BCUT2D eigenvalue weighted by molar-refractivity contribution is -0.122. The minimum Gasteiger partial charge on any atom is -0.354 e. The van der Waals surface area contributed by atoms with Gasteiger partial charge in [-0.25, -0.2) is 0 Å². The zero-order valence-electron chi connectivity index (χ0n) is 10.3. The number of amides is 1. The van der Waals surface area contributed by atoms with Crippen LogP contribution in [0, 0.1) is 5.41 Å². The van der Waals surface area contributed by atoms with Crippen LogP contribution in [0.1, 0.15) is 33.6 Å². The molecular weight excluding hydrogens is 208 g/mol. The van der Waals surface area contributed by atoms with Crippen molar-refractivity contribution in [3.63, 3.8) is 0 Å². The Balaban J connectivity index is 3.82. The summed E-state index contributed by atoms with van der Waals surface area (Å²) in [6, 6.07) is -0.356. The molecule has 15 heavy (non-hydrogen) atoms. The lowest BCUT2D eigenvalue weighted by Crippen LogP contribution is -2.44. The van der Waals surface area contributed by atoms with Crippen LogP contribution in [0.2, 0.25) is 0 Å². The second kappa shape index (κ2) is 7.12. The Hall–Kier alpha value is -0.220. The van der Waals surface area contributed by atoms with Crippen molar-refractivity contribution in [2.45, 2.75) is 39.7 Å². The molecule has 1 atom stereocenters. The van der Waals surface area contributed by atoms with E-state index in [9.17, 15) is 4.79 Å². The topological polar surface area (TPSA) is 55.1 Å². The van der Waals surface area contributed by atoms with E-state index < -0.39 is 0 Å². The highest BCUT2D eigenvalue weighted by Crippen LogP contribution is 2.17. The molecule has 0 heterocycles. The molecule has 0 radical (unpaired) electrons. The minimum atomic E-state index is -0.356. The number of nitrogens with one attached hydrogen (secondary N) is 1. The molecule has 3 N–H and O–H groups in total. The van der Waals surface area contributed by atoms with E-state index in [1.807, 2.05) is 6.26 Å². The van der Waals surface area contributed by atoms with E-state index in [0.29, 0.717) is 6.54 Å². The number of thioether (sulfide) groups is 1. The molecule has 90 valence electrons. The third-order valence-electron chi connectivity index (χ3n) is 2.67. The minimum absolute atomic E-state index is 0.0226. The number of hydrogen-bond donors (Lipinski definition) is 2. The highest BCUT2D eigenvalue weighted by molar-refractivity contribution is 7.98. The summed E-state index contributed by atoms with van der Waals surface area (Å²) in [5, 5.41) is 2.91. The molecule has 0 aromatic heterocycles. The molecule has 0 saturated heterocycles. The monoisotopic (exact) mass is 232 g/mol. The number of carbonyl (C=O) groups excluding carboxylic acids is 1. The molecule has 0 aromatic rings. The van der Waals surface area contributed by atoms with Gasteiger partial charge in [-0.15, -0.1) is 0 Å². The number of hydrogen-bond acceptors (Lipinski definition) is 3. The van der Waals surface area contributed by atoms with Crippen LogP contribution in [0.3, 0.4) is 0 Å². The maximum Gasteiger partial charge on any atom is 0.236 e. The quantitative estimate of drug-likeness (QED) is 0.701. The van der Waals surface area contributed by atoms with Gasteiger partial charge in [0.15, 0.2) is 0 Å². The summed E-state index contributed by atoms with van der Waals surface area (Å²) in [6.07, 6.45) is 3.82. The molecule has 0 fully saturated rings. The van der Waals surface area contributed by atoms with Crippen molar-refractivity contribution in [1.82, 2.24) is 5.32 Å². The lowest BCUT2D eigenvalue weighted by Gasteiger charge is -2.23. The van der Waals surface area contributed by atoms with Crippen LogP contribution < -0.4 is 11.1 Å². The second-order valence-electron chi connectivity index (χ2n) is 4.62. The smallest absolute Gasteiger partial charge is 0.236 e. The van der Waals surface area contributed by atoms with Crippen LogP contribution in [0.15, 0.2) is 0 Å². The Morgan fingerprint density at radius 1 is 1.53 bits per heavy atom. The van der Waals surface area contributed by atoms with Crippen molar-refractivity contribution in [2.24, 2.45) is 11.1 Å². The van der Waals surface area contributed by atoms with Gasteiger partial charge in [-0.3, -0.25) is 4.79 Å². The van der Waals surface area contributed by atoms with Crippen molar-refractivity contribution < 1.29 is 4.79 Å². The van der Waals surface area contributed by atoms with Crippen LogP contribution in [0.4, 0.5) is 0 Å². The Labute approximate surface area is 97.6 Å². The molecule has 0 bridgehead atoms. The predicted octanol–water partition coefficient (Wildman–Crippen LogP) is 1.62. The Bertz CT molecular complexity index is 195. The van der Waals surface area contributed by atoms with Crippen molar-refractivity contribution >= 4 is 17.7 Å². The first-order chi connectivity index (χ1) is 6.93. The molecule has 0 aliphatic heterocycles. The van der Waals surface area contributed by atoms with Gasteiger partial charge in [0.05, 0.1) is 6.04 Å². The summed E-state index contributed by atoms with van der Waals surface area (Å²) >= 11 is 1.72. The van der Waals surface area contributed by atoms with Crippen molar-refractivity contribution in [3.8, 4) is 0 Å². The molecule has 3 nitrogen and oxygen atoms in total. The molecule has 4 heteroatoms. The summed E-state index contributed by atoms with van der Waals surface area (Å²) in [6.45, 7) is 7.11. The van der Waals surface area contributed by atoms with Gasteiger partial charge in [-0.1, -0.05) is 20.8 Å². The first-order valence-corrected chi connectivity index (χ1v) is 6.84. The van der Waals surface area contributed by atoms with Crippen LogP contribution in [0.5, 0.6) is 0 Å². The van der Waals surface area contributed by atoms with Crippen LogP contribution in [-0.2, 0) is 4.79 Å². The number of nitrogens with two attached hydrogens (primary N) is 1. The highest BCUT2D eigenvalue weighted by atomic mass is 32.2. The molecule has 1 amide bonds. The number of rotatable bonds is 7. The first-order valence-electron chi connectivity index (χ1n) is 5.45. The Morgan fingerprint density at radius 3 is 2.60 bits per heavy atom. The van der Waals surface area contributed by atoms with E-state index in [4.69, 9.17) is 5.73 Å². The zero-order chi connectivity index (χ0) is 11.9. The van der Waals surface area contributed by atoms with E-state index in [-0.39, 0.29) is 17.4 Å². The van der Waals surface area contributed by atoms with E-state index in [1.54, 1.807) is 11.8 Å². The van der Waals surface area contributed by atoms with Crippen molar-refractivity contribution in [2.75, 3.05) is 18.6 Å². The fraction of sp³-hybridized carbons (Fsp3) is 0.909. The summed E-state index contributed by atoms with van der Waals surface area (Å²) < 4.78 is 0.